The molecule has 1 aliphatic rings. The minimum absolute atomic E-state index is 0.146. The van der Waals surface area contributed by atoms with E-state index in [0.29, 0.717) is 24.4 Å². The number of rotatable bonds is 5. The van der Waals surface area contributed by atoms with Crippen LogP contribution in [-0.2, 0) is 14.8 Å². The van der Waals surface area contributed by atoms with Gasteiger partial charge in [0.15, 0.2) is 6.10 Å². The second kappa shape index (κ2) is 8.64. The molecule has 3 rings (SSSR count). The molecule has 1 fully saturated rings. The Morgan fingerprint density at radius 2 is 1.62 bits per heavy atom. The molecule has 1 saturated heterocycles. The Morgan fingerprint density at radius 1 is 1.03 bits per heavy atom. The van der Waals surface area contributed by atoms with Crippen LogP contribution in [0.2, 0.25) is 0 Å². The minimum atomic E-state index is -3.65. The van der Waals surface area contributed by atoms with Crippen molar-refractivity contribution in [1.29, 1.82) is 5.26 Å². The van der Waals surface area contributed by atoms with Crippen LogP contribution >= 0.6 is 0 Å². The van der Waals surface area contributed by atoms with E-state index < -0.39 is 16.1 Å². The van der Waals surface area contributed by atoms with E-state index in [9.17, 15) is 13.2 Å². The highest BCUT2D eigenvalue weighted by molar-refractivity contribution is 7.89. The molecule has 2 aromatic rings. The molecule has 0 aliphatic carbocycles. The fourth-order valence-corrected chi connectivity index (χ4v) is 4.55. The normalized spacial score (nSPS) is 16.1. The van der Waals surface area contributed by atoms with Crippen LogP contribution in [0.5, 0.6) is 5.75 Å². The summed E-state index contributed by atoms with van der Waals surface area (Å²) in [4.78, 5) is 14.4. The van der Waals surface area contributed by atoms with Crippen molar-refractivity contribution >= 4 is 15.9 Å². The van der Waals surface area contributed by atoms with Crippen molar-refractivity contribution in [1.82, 2.24) is 9.21 Å². The first kappa shape index (κ1) is 20.8. The molecule has 29 heavy (non-hydrogen) atoms. The van der Waals surface area contributed by atoms with E-state index >= 15 is 0 Å². The van der Waals surface area contributed by atoms with Gasteiger partial charge in [-0.2, -0.15) is 9.57 Å². The van der Waals surface area contributed by atoms with E-state index in [2.05, 4.69) is 0 Å². The van der Waals surface area contributed by atoms with Crippen LogP contribution in [0.15, 0.2) is 53.4 Å². The van der Waals surface area contributed by atoms with E-state index in [1.807, 2.05) is 37.3 Å². The Bertz CT molecular complexity index is 1000. The molecule has 1 aliphatic heterocycles. The molecule has 7 nitrogen and oxygen atoms in total. The number of aryl methyl sites for hydroxylation is 1. The third-order valence-electron chi connectivity index (χ3n) is 4.85. The highest BCUT2D eigenvalue weighted by Crippen LogP contribution is 2.19. The molecule has 1 amide bonds. The SMILES string of the molecule is Cc1ccc(OC(C)C(=O)N2CCN(S(=O)(=O)c3ccc(C#N)cc3)CC2)cc1. The van der Waals surface area contributed by atoms with E-state index in [4.69, 9.17) is 10.00 Å². The standard InChI is InChI=1S/C21H23N3O4S/c1-16-3-7-19(8-4-16)28-17(2)21(25)23-11-13-24(14-12-23)29(26,27)20-9-5-18(15-22)6-10-20/h3-10,17H,11-14H2,1-2H3. The molecule has 0 radical (unpaired) electrons. The van der Waals surface area contributed by atoms with Crippen LogP contribution in [0, 0.1) is 18.3 Å². The summed E-state index contributed by atoms with van der Waals surface area (Å²) >= 11 is 0. The van der Waals surface area contributed by atoms with Gasteiger partial charge in [0, 0.05) is 26.2 Å². The van der Waals surface area contributed by atoms with Crippen molar-refractivity contribution in [2.45, 2.75) is 24.8 Å². The summed E-state index contributed by atoms with van der Waals surface area (Å²) in [5, 5.41) is 8.85. The molecule has 1 heterocycles. The second-order valence-corrected chi connectivity index (χ2v) is 8.88. The van der Waals surface area contributed by atoms with Gasteiger partial charge in [0.25, 0.3) is 5.91 Å². The number of sulfonamides is 1. The lowest BCUT2D eigenvalue weighted by molar-refractivity contribution is -0.139. The molecular formula is C21H23N3O4S. The smallest absolute Gasteiger partial charge is 0.263 e. The van der Waals surface area contributed by atoms with Crippen LogP contribution in [0.25, 0.3) is 0 Å². The van der Waals surface area contributed by atoms with Crippen molar-refractivity contribution in [3.63, 3.8) is 0 Å². The summed E-state index contributed by atoms with van der Waals surface area (Å²) < 4.78 is 32.6. The quantitative estimate of drug-likeness (QED) is 0.749. The zero-order valence-corrected chi connectivity index (χ0v) is 17.2. The number of carbonyl (C=O) groups excluding carboxylic acids is 1. The summed E-state index contributed by atoms with van der Waals surface area (Å²) in [6.07, 6.45) is -0.653. The third-order valence-corrected chi connectivity index (χ3v) is 6.77. The molecule has 2 aromatic carbocycles. The lowest BCUT2D eigenvalue weighted by Gasteiger charge is -2.35. The first-order valence-corrected chi connectivity index (χ1v) is 10.8. The van der Waals surface area contributed by atoms with Crippen LogP contribution < -0.4 is 4.74 Å². The summed E-state index contributed by atoms with van der Waals surface area (Å²) in [5.74, 6) is 0.458. The fraction of sp³-hybridized carbons (Fsp3) is 0.333. The van der Waals surface area contributed by atoms with E-state index in [1.165, 1.54) is 28.6 Å². The predicted molar refractivity (Wildman–Crippen MR) is 108 cm³/mol. The van der Waals surface area contributed by atoms with E-state index in [1.54, 1.807) is 11.8 Å². The second-order valence-electron chi connectivity index (χ2n) is 6.94. The van der Waals surface area contributed by atoms with Gasteiger partial charge < -0.3 is 9.64 Å². The Kier molecular flexibility index (Phi) is 6.20. The maximum absolute atomic E-state index is 12.8. The molecule has 8 heteroatoms. The number of hydrogen-bond donors (Lipinski definition) is 0. The number of nitriles is 1. The van der Waals surface area contributed by atoms with Gasteiger partial charge in [-0.1, -0.05) is 17.7 Å². The van der Waals surface area contributed by atoms with Gasteiger partial charge >= 0.3 is 0 Å². The number of ether oxygens (including phenoxy) is 1. The molecule has 1 unspecified atom stereocenters. The van der Waals surface area contributed by atoms with Gasteiger partial charge in [-0.3, -0.25) is 4.79 Å². The number of piperazine rings is 1. The van der Waals surface area contributed by atoms with Gasteiger partial charge in [-0.25, -0.2) is 8.42 Å². The Morgan fingerprint density at radius 3 is 2.17 bits per heavy atom. The average molecular weight is 413 g/mol. The molecule has 0 aromatic heterocycles. The lowest BCUT2D eigenvalue weighted by Crippen LogP contribution is -2.53. The lowest BCUT2D eigenvalue weighted by atomic mass is 10.2. The molecular weight excluding hydrogens is 390 g/mol. The Balaban J connectivity index is 1.59. The summed E-state index contributed by atoms with van der Waals surface area (Å²) in [6.45, 7) is 4.70. The van der Waals surface area contributed by atoms with Gasteiger partial charge in [0.05, 0.1) is 16.5 Å². The number of amides is 1. The van der Waals surface area contributed by atoms with Gasteiger partial charge in [-0.05, 0) is 50.2 Å². The third kappa shape index (κ3) is 4.75. The van der Waals surface area contributed by atoms with Crippen LogP contribution in [0.3, 0.4) is 0 Å². The maximum atomic E-state index is 12.8. The van der Waals surface area contributed by atoms with Gasteiger partial charge in [-0.15, -0.1) is 0 Å². The van der Waals surface area contributed by atoms with Crippen LogP contribution in [0.1, 0.15) is 18.1 Å². The van der Waals surface area contributed by atoms with Crippen LogP contribution in [-0.4, -0.2) is 55.8 Å². The molecule has 152 valence electrons. The Labute approximate surface area is 171 Å². The number of nitrogens with zero attached hydrogens (tertiary/aromatic N) is 3. The van der Waals surface area contributed by atoms with Crippen molar-refractivity contribution in [2.75, 3.05) is 26.2 Å². The fourth-order valence-electron chi connectivity index (χ4n) is 3.13. The van der Waals surface area contributed by atoms with Crippen molar-refractivity contribution in [3.05, 3.63) is 59.7 Å². The largest absolute Gasteiger partial charge is 0.481 e. The Hall–Kier alpha value is -2.89. The maximum Gasteiger partial charge on any atom is 0.263 e. The monoisotopic (exact) mass is 413 g/mol. The van der Waals surface area contributed by atoms with Crippen molar-refractivity contribution in [2.24, 2.45) is 0 Å². The molecule has 0 bridgehead atoms. The topological polar surface area (TPSA) is 90.7 Å². The minimum Gasteiger partial charge on any atom is -0.481 e. The summed E-state index contributed by atoms with van der Waals surface area (Å²) in [6, 6.07) is 15.3. The highest BCUT2D eigenvalue weighted by atomic mass is 32.2. The van der Waals surface area contributed by atoms with Crippen molar-refractivity contribution in [3.8, 4) is 11.8 Å². The van der Waals surface area contributed by atoms with Crippen LogP contribution in [0.4, 0.5) is 0 Å². The summed E-state index contributed by atoms with van der Waals surface area (Å²) in [5.41, 5.74) is 1.51. The van der Waals surface area contributed by atoms with Gasteiger partial charge in [0.2, 0.25) is 10.0 Å². The predicted octanol–water partition coefficient (Wildman–Crippen LogP) is 2.17. The summed E-state index contributed by atoms with van der Waals surface area (Å²) in [7, 11) is -3.65. The molecule has 0 N–H and O–H groups in total. The van der Waals surface area contributed by atoms with Crippen molar-refractivity contribution < 1.29 is 17.9 Å². The molecule has 0 spiro atoms. The van der Waals surface area contributed by atoms with Gasteiger partial charge in [0.1, 0.15) is 5.75 Å². The zero-order chi connectivity index (χ0) is 21.0. The highest BCUT2D eigenvalue weighted by Gasteiger charge is 2.32. The first-order valence-electron chi connectivity index (χ1n) is 9.33. The molecule has 1 atom stereocenters. The average Bonchev–Trinajstić information content (AvgIpc) is 2.75. The molecule has 0 saturated carbocycles. The number of benzene rings is 2. The van der Waals surface area contributed by atoms with E-state index in [0.717, 1.165) is 5.56 Å². The first-order chi connectivity index (χ1) is 13.8. The zero-order valence-electron chi connectivity index (χ0n) is 16.4. The number of hydrogen-bond acceptors (Lipinski definition) is 5. The number of carbonyl (C=O) groups is 1. The van der Waals surface area contributed by atoms with E-state index in [-0.39, 0.29) is 23.9 Å².